The predicted octanol–water partition coefficient (Wildman–Crippen LogP) is 2.54. The van der Waals surface area contributed by atoms with Gasteiger partial charge in [0.25, 0.3) is 0 Å². The maximum absolute atomic E-state index is 11.9. The zero-order valence-corrected chi connectivity index (χ0v) is 11.7. The van der Waals surface area contributed by atoms with Crippen molar-refractivity contribution in [1.82, 2.24) is 5.32 Å². The Hall–Kier alpha value is -1.83. The number of nitriles is 1. The fourth-order valence-electron chi connectivity index (χ4n) is 2.01. The maximum atomic E-state index is 11.9. The van der Waals surface area contributed by atoms with Crippen molar-refractivity contribution in [2.45, 2.75) is 18.4 Å². The van der Waals surface area contributed by atoms with Crippen molar-refractivity contribution in [2.75, 3.05) is 13.2 Å². The van der Waals surface area contributed by atoms with E-state index in [4.69, 9.17) is 16.3 Å². The average Bonchev–Trinajstić information content (AvgIpc) is 2.47. The van der Waals surface area contributed by atoms with E-state index >= 15 is 0 Å². The number of rotatable bonds is 3. The third-order valence-corrected chi connectivity index (χ3v) is 3.47. The molecule has 1 amide bonds. The van der Waals surface area contributed by atoms with Crippen LogP contribution >= 0.6 is 11.6 Å². The lowest BCUT2D eigenvalue weighted by molar-refractivity contribution is -0.118. The van der Waals surface area contributed by atoms with Gasteiger partial charge in [-0.15, -0.1) is 0 Å². The summed E-state index contributed by atoms with van der Waals surface area (Å²) in [5.41, 5.74) is 0.0715. The molecule has 1 aliphatic heterocycles. The summed E-state index contributed by atoms with van der Waals surface area (Å²) in [5, 5.41) is 12.7. The molecule has 1 fully saturated rings. The van der Waals surface area contributed by atoms with E-state index < -0.39 is 5.54 Å². The molecule has 104 valence electrons. The molecule has 0 atom stereocenters. The number of halogens is 1. The smallest absolute Gasteiger partial charge is 0.245 e. The van der Waals surface area contributed by atoms with E-state index in [1.54, 1.807) is 18.2 Å². The van der Waals surface area contributed by atoms with Crippen LogP contribution in [0.2, 0.25) is 5.02 Å². The van der Waals surface area contributed by atoms with Gasteiger partial charge in [-0.25, -0.2) is 0 Å². The van der Waals surface area contributed by atoms with Crippen molar-refractivity contribution in [3.63, 3.8) is 0 Å². The predicted molar refractivity (Wildman–Crippen MR) is 77.0 cm³/mol. The molecule has 2 rings (SSSR count). The second-order valence-electron chi connectivity index (χ2n) is 4.68. The molecule has 1 aliphatic rings. The van der Waals surface area contributed by atoms with Gasteiger partial charge in [0.15, 0.2) is 0 Å². The summed E-state index contributed by atoms with van der Waals surface area (Å²) in [6, 6.07) is 9.35. The van der Waals surface area contributed by atoms with Gasteiger partial charge in [-0.3, -0.25) is 4.79 Å². The molecule has 0 unspecified atom stereocenters. The molecular formula is C15H15ClN2O2. The molecule has 1 aromatic carbocycles. The first kappa shape index (κ1) is 14.6. The highest BCUT2D eigenvalue weighted by atomic mass is 35.5. The molecule has 5 heteroatoms. The monoisotopic (exact) mass is 290 g/mol. The van der Waals surface area contributed by atoms with Crippen LogP contribution in [0.3, 0.4) is 0 Å². The zero-order valence-electron chi connectivity index (χ0n) is 10.9. The number of hydrogen-bond donors (Lipinski definition) is 1. The number of nitrogens with zero attached hydrogens (tertiary/aromatic N) is 1. The number of nitrogens with one attached hydrogen (secondary N) is 1. The summed E-state index contributed by atoms with van der Waals surface area (Å²) in [6.45, 7) is 0.990. The van der Waals surface area contributed by atoms with Crippen LogP contribution in [0.1, 0.15) is 18.4 Å². The molecule has 1 heterocycles. The quantitative estimate of drug-likeness (QED) is 0.870. The van der Waals surface area contributed by atoms with Crippen LogP contribution in [-0.2, 0) is 9.53 Å². The number of carbonyl (C=O) groups is 1. The minimum absolute atomic E-state index is 0.275. The van der Waals surface area contributed by atoms with Crippen molar-refractivity contribution >= 4 is 23.6 Å². The first-order chi connectivity index (χ1) is 9.63. The van der Waals surface area contributed by atoms with Gasteiger partial charge in [0.05, 0.1) is 6.07 Å². The Balaban J connectivity index is 1.98. The molecule has 0 aliphatic carbocycles. The lowest BCUT2D eigenvalue weighted by Gasteiger charge is -2.30. The first-order valence-corrected chi connectivity index (χ1v) is 6.76. The van der Waals surface area contributed by atoms with Gasteiger partial charge >= 0.3 is 0 Å². The van der Waals surface area contributed by atoms with E-state index in [1.807, 2.05) is 12.1 Å². The fraction of sp³-hybridized carbons (Fsp3) is 0.333. The molecule has 4 nitrogen and oxygen atoms in total. The van der Waals surface area contributed by atoms with Gasteiger partial charge < -0.3 is 10.1 Å². The summed E-state index contributed by atoms with van der Waals surface area (Å²) in [4.78, 5) is 11.9. The van der Waals surface area contributed by atoms with Crippen molar-refractivity contribution < 1.29 is 9.53 Å². The second-order valence-corrected chi connectivity index (χ2v) is 5.12. The first-order valence-electron chi connectivity index (χ1n) is 6.38. The molecule has 0 aromatic heterocycles. The van der Waals surface area contributed by atoms with Gasteiger partial charge in [0.2, 0.25) is 5.91 Å². The number of amides is 1. The summed E-state index contributed by atoms with van der Waals surface area (Å²) >= 11 is 5.79. The largest absolute Gasteiger partial charge is 0.381 e. The van der Waals surface area contributed by atoms with Crippen LogP contribution in [0.4, 0.5) is 0 Å². The van der Waals surface area contributed by atoms with Gasteiger partial charge in [-0.1, -0.05) is 23.7 Å². The minimum Gasteiger partial charge on any atom is -0.381 e. The Morgan fingerprint density at radius 3 is 2.60 bits per heavy atom. The van der Waals surface area contributed by atoms with E-state index in [0.717, 1.165) is 5.56 Å². The molecule has 0 radical (unpaired) electrons. The highest BCUT2D eigenvalue weighted by Crippen LogP contribution is 2.19. The van der Waals surface area contributed by atoms with Crippen LogP contribution in [0, 0.1) is 11.3 Å². The lowest BCUT2D eigenvalue weighted by Crippen LogP contribution is -2.50. The van der Waals surface area contributed by atoms with Crippen LogP contribution in [0.5, 0.6) is 0 Å². The second kappa shape index (κ2) is 6.56. The number of hydrogen-bond acceptors (Lipinski definition) is 3. The Bertz CT molecular complexity index is 540. The molecule has 0 saturated carbocycles. The Kier molecular flexibility index (Phi) is 4.78. The molecule has 0 spiro atoms. The van der Waals surface area contributed by atoms with E-state index in [2.05, 4.69) is 11.4 Å². The van der Waals surface area contributed by atoms with Crippen molar-refractivity contribution in [3.8, 4) is 6.07 Å². The van der Waals surface area contributed by atoms with E-state index in [1.165, 1.54) is 6.08 Å². The van der Waals surface area contributed by atoms with E-state index in [9.17, 15) is 10.1 Å². The zero-order chi connectivity index (χ0) is 14.4. The van der Waals surface area contributed by atoms with E-state index in [0.29, 0.717) is 31.1 Å². The van der Waals surface area contributed by atoms with E-state index in [-0.39, 0.29) is 5.91 Å². The maximum Gasteiger partial charge on any atom is 0.245 e. The van der Waals surface area contributed by atoms with Crippen molar-refractivity contribution in [3.05, 3.63) is 40.9 Å². The van der Waals surface area contributed by atoms with Crippen molar-refractivity contribution in [1.29, 1.82) is 5.26 Å². The SMILES string of the molecule is N#CC1(NC(=O)C=Cc2ccc(Cl)cc2)CCOCC1. The third kappa shape index (κ3) is 3.83. The highest BCUT2D eigenvalue weighted by molar-refractivity contribution is 6.30. The van der Waals surface area contributed by atoms with Crippen LogP contribution in [0.15, 0.2) is 30.3 Å². The molecule has 1 saturated heterocycles. The lowest BCUT2D eigenvalue weighted by atomic mass is 9.92. The van der Waals surface area contributed by atoms with Gasteiger partial charge in [-0.05, 0) is 23.8 Å². The van der Waals surface area contributed by atoms with Gasteiger partial charge in [0.1, 0.15) is 5.54 Å². The Labute approximate surface area is 123 Å². The minimum atomic E-state index is -0.806. The Morgan fingerprint density at radius 1 is 1.35 bits per heavy atom. The van der Waals surface area contributed by atoms with Gasteiger partial charge in [-0.2, -0.15) is 5.26 Å². The summed E-state index contributed by atoms with van der Waals surface area (Å²) < 4.78 is 5.22. The summed E-state index contributed by atoms with van der Waals surface area (Å²) in [5.74, 6) is -0.275. The van der Waals surface area contributed by atoms with Gasteiger partial charge in [0, 0.05) is 37.2 Å². The average molecular weight is 291 g/mol. The Morgan fingerprint density at radius 2 is 2.00 bits per heavy atom. The molecule has 1 N–H and O–H groups in total. The standard InChI is InChI=1S/C15H15ClN2O2/c16-13-4-1-12(2-5-13)3-6-14(19)18-15(11-17)7-9-20-10-8-15/h1-6H,7-10H2,(H,18,19). The highest BCUT2D eigenvalue weighted by Gasteiger charge is 2.33. The molecule has 0 bridgehead atoms. The van der Waals surface area contributed by atoms with Crippen LogP contribution in [0.25, 0.3) is 6.08 Å². The fourth-order valence-corrected chi connectivity index (χ4v) is 2.13. The number of ether oxygens (including phenoxy) is 1. The summed E-state index contributed by atoms with van der Waals surface area (Å²) in [7, 11) is 0. The molecule has 1 aromatic rings. The summed E-state index contributed by atoms with van der Waals surface area (Å²) in [6.07, 6.45) is 4.15. The molecule has 20 heavy (non-hydrogen) atoms. The number of benzene rings is 1. The van der Waals surface area contributed by atoms with Crippen LogP contribution < -0.4 is 5.32 Å². The van der Waals surface area contributed by atoms with Crippen molar-refractivity contribution in [2.24, 2.45) is 0 Å². The molecular weight excluding hydrogens is 276 g/mol. The topological polar surface area (TPSA) is 62.1 Å². The van der Waals surface area contributed by atoms with Crippen LogP contribution in [-0.4, -0.2) is 24.7 Å². The number of carbonyl (C=O) groups excluding carboxylic acids is 1. The third-order valence-electron chi connectivity index (χ3n) is 3.22. The normalized spacial score (nSPS) is 17.6.